The molecule has 2 aromatic carbocycles. The second kappa shape index (κ2) is 5.26. The molecule has 0 radical (unpaired) electrons. The van der Waals surface area contributed by atoms with Crippen LogP contribution in [0.25, 0.3) is 0 Å². The van der Waals surface area contributed by atoms with Gasteiger partial charge in [-0.3, -0.25) is 0 Å². The maximum Gasteiger partial charge on any atom is 0.429 e. The fourth-order valence-electron chi connectivity index (χ4n) is 3.70. The summed E-state index contributed by atoms with van der Waals surface area (Å²) in [5.74, 6) is 0. The lowest BCUT2D eigenvalue weighted by Gasteiger charge is -2.52. The Morgan fingerprint density at radius 2 is 1.00 bits per heavy atom. The van der Waals surface area contributed by atoms with Crippen LogP contribution in [0.2, 0.25) is 0 Å². The molecule has 0 atom stereocenters. The van der Waals surface area contributed by atoms with Gasteiger partial charge in [0, 0.05) is 0 Å². The molecule has 6 nitrogen and oxygen atoms in total. The van der Waals surface area contributed by atoms with Crippen LogP contribution in [0.15, 0.2) is 48.5 Å². The Balaban J connectivity index is 2.02. The number of methoxy groups -OCH3 is 2. The number of hydrogen-bond donors (Lipinski definition) is 0. The molecule has 2 amide bonds. The van der Waals surface area contributed by atoms with E-state index < -0.39 is 24.3 Å². The molecule has 0 spiro atoms. The number of ether oxygens (including phenoxy) is 2. The van der Waals surface area contributed by atoms with E-state index in [0.717, 1.165) is 22.3 Å². The smallest absolute Gasteiger partial charge is 0.429 e. The third-order valence-electron chi connectivity index (χ3n) is 4.62. The molecule has 0 aromatic heterocycles. The van der Waals surface area contributed by atoms with Gasteiger partial charge < -0.3 is 9.47 Å². The van der Waals surface area contributed by atoms with Gasteiger partial charge in [-0.05, 0) is 22.3 Å². The Kier molecular flexibility index (Phi) is 3.19. The molecule has 0 N–H and O–H groups in total. The average molecular weight is 324 g/mol. The van der Waals surface area contributed by atoms with Crippen LogP contribution in [0.4, 0.5) is 9.59 Å². The van der Waals surface area contributed by atoms with Crippen molar-refractivity contribution in [3.8, 4) is 0 Å². The quantitative estimate of drug-likeness (QED) is 0.746. The van der Waals surface area contributed by atoms with Crippen molar-refractivity contribution in [2.75, 3.05) is 14.2 Å². The zero-order valence-electron chi connectivity index (χ0n) is 13.3. The largest absolute Gasteiger partial charge is 0.451 e. The van der Waals surface area contributed by atoms with Gasteiger partial charge in [-0.25, -0.2) is 19.6 Å². The van der Waals surface area contributed by atoms with Crippen LogP contribution in [-0.2, 0) is 9.47 Å². The number of amides is 2. The van der Waals surface area contributed by atoms with Crippen molar-refractivity contribution < 1.29 is 19.1 Å². The Morgan fingerprint density at radius 1 is 0.708 bits per heavy atom. The standard InChI is InChI=1S/C18H16N2O4/c1-23-17(21)19-15-11-7-3-5-9-13(11)16(20(19)18(22)24-2)14-10-6-4-8-12(14)15/h3-10,15-16H,1-2H3. The lowest BCUT2D eigenvalue weighted by Crippen LogP contribution is -2.59. The van der Waals surface area contributed by atoms with Crippen molar-refractivity contribution in [1.29, 1.82) is 0 Å². The van der Waals surface area contributed by atoms with E-state index in [4.69, 9.17) is 9.47 Å². The molecule has 2 aromatic rings. The predicted molar refractivity (Wildman–Crippen MR) is 85.1 cm³/mol. The number of fused-ring (bicyclic) bond motifs is 1. The van der Waals surface area contributed by atoms with E-state index >= 15 is 0 Å². The highest BCUT2D eigenvalue weighted by molar-refractivity contribution is 5.79. The van der Waals surface area contributed by atoms with E-state index in [1.807, 2.05) is 48.5 Å². The van der Waals surface area contributed by atoms with Crippen molar-refractivity contribution in [3.63, 3.8) is 0 Å². The van der Waals surface area contributed by atoms with Gasteiger partial charge in [0.05, 0.1) is 14.2 Å². The summed E-state index contributed by atoms with van der Waals surface area (Å²) in [5, 5.41) is 2.70. The number of benzene rings is 2. The minimum absolute atomic E-state index is 0.422. The van der Waals surface area contributed by atoms with Gasteiger partial charge in [0.2, 0.25) is 0 Å². The lowest BCUT2D eigenvalue weighted by atomic mass is 9.76. The summed E-state index contributed by atoms with van der Waals surface area (Å²) >= 11 is 0. The van der Waals surface area contributed by atoms with Crippen molar-refractivity contribution in [1.82, 2.24) is 10.0 Å². The van der Waals surface area contributed by atoms with E-state index in [-0.39, 0.29) is 0 Å². The summed E-state index contributed by atoms with van der Waals surface area (Å²) < 4.78 is 9.87. The van der Waals surface area contributed by atoms with Gasteiger partial charge in [0.25, 0.3) is 0 Å². The average Bonchev–Trinajstić information content (AvgIpc) is 2.66. The van der Waals surface area contributed by atoms with Gasteiger partial charge in [-0.1, -0.05) is 48.5 Å². The zero-order chi connectivity index (χ0) is 16.8. The molecule has 2 heterocycles. The predicted octanol–water partition coefficient (Wildman–Crippen LogP) is 3.24. The first kappa shape index (κ1) is 14.6. The summed E-state index contributed by atoms with van der Waals surface area (Å²) in [5.41, 5.74) is 3.97. The molecule has 0 saturated carbocycles. The van der Waals surface area contributed by atoms with Crippen LogP contribution in [0.3, 0.4) is 0 Å². The second-order valence-electron chi connectivity index (χ2n) is 5.69. The molecule has 6 heteroatoms. The van der Waals surface area contributed by atoms with Crippen LogP contribution in [-0.4, -0.2) is 36.4 Å². The van der Waals surface area contributed by atoms with Crippen molar-refractivity contribution >= 4 is 12.2 Å². The van der Waals surface area contributed by atoms with Crippen LogP contribution < -0.4 is 0 Å². The summed E-state index contributed by atoms with van der Waals surface area (Å²) in [6.45, 7) is 0. The first-order valence-corrected chi connectivity index (χ1v) is 7.61. The van der Waals surface area contributed by atoms with Gasteiger partial charge >= 0.3 is 12.2 Å². The van der Waals surface area contributed by atoms with Crippen LogP contribution >= 0.6 is 0 Å². The molecule has 2 aliphatic heterocycles. The topological polar surface area (TPSA) is 59.1 Å². The fraction of sp³-hybridized carbons (Fsp3) is 0.222. The molecular formula is C18H16N2O4. The van der Waals surface area contributed by atoms with Crippen molar-refractivity contribution in [3.05, 3.63) is 70.8 Å². The number of hydrazine groups is 1. The molecule has 0 saturated heterocycles. The summed E-state index contributed by atoms with van der Waals surface area (Å²) in [4.78, 5) is 24.9. The van der Waals surface area contributed by atoms with E-state index in [0.29, 0.717) is 0 Å². The summed E-state index contributed by atoms with van der Waals surface area (Å²) in [6.07, 6.45) is -1.20. The second-order valence-corrected chi connectivity index (χ2v) is 5.69. The highest BCUT2D eigenvalue weighted by Crippen LogP contribution is 2.52. The Morgan fingerprint density at radius 3 is 1.25 bits per heavy atom. The van der Waals surface area contributed by atoms with Gasteiger partial charge in [0.15, 0.2) is 0 Å². The Bertz CT molecular complexity index is 720. The summed E-state index contributed by atoms with van der Waals surface area (Å²) in [7, 11) is 2.61. The summed E-state index contributed by atoms with van der Waals surface area (Å²) in [6, 6.07) is 14.8. The third-order valence-corrected chi connectivity index (χ3v) is 4.62. The third kappa shape index (κ3) is 1.76. The maximum atomic E-state index is 12.5. The number of hydrogen-bond acceptors (Lipinski definition) is 4. The van der Waals surface area contributed by atoms with Crippen LogP contribution in [0, 0.1) is 0 Å². The molecule has 3 aliphatic rings. The Labute approximate surface area is 139 Å². The molecule has 24 heavy (non-hydrogen) atoms. The number of carbonyl (C=O) groups excluding carboxylic acids is 2. The van der Waals surface area contributed by atoms with Gasteiger partial charge in [0.1, 0.15) is 12.1 Å². The lowest BCUT2D eigenvalue weighted by molar-refractivity contribution is -0.0648. The Hall–Kier alpha value is -3.02. The first-order valence-electron chi connectivity index (χ1n) is 7.61. The van der Waals surface area contributed by atoms with Gasteiger partial charge in [-0.15, -0.1) is 0 Å². The minimum atomic E-state index is -0.598. The number of nitrogens with zero attached hydrogens (tertiary/aromatic N) is 2. The number of carbonyl (C=O) groups is 2. The van der Waals surface area contributed by atoms with Crippen molar-refractivity contribution in [2.45, 2.75) is 12.1 Å². The fourth-order valence-corrected chi connectivity index (χ4v) is 3.70. The van der Waals surface area contributed by atoms with E-state index in [2.05, 4.69) is 0 Å². The van der Waals surface area contributed by atoms with E-state index in [9.17, 15) is 9.59 Å². The maximum absolute atomic E-state index is 12.5. The molecule has 1 aliphatic carbocycles. The van der Waals surface area contributed by atoms with Crippen LogP contribution in [0.5, 0.6) is 0 Å². The van der Waals surface area contributed by atoms with E-state index in [1.54, 1.807) is 0 Å². The minimum Gasteiger partial charge on any atom is -0.451 e. The zero-order valence-corrected chi connectivity index (χ0v) is 13.3. The molecule has 0 unspecified atom stereocenters. The van der Waals surface area contributed by atoms with Gasteiger partial charge in [-0.2, -0.15) is 0 Å². The van der Waals surface area contributed by atoms with Crippen LogP contribution in [0.1, 0.15) is 34.3 Å². The van der Waals surface area contributed by atoms with E-state index in [1.165, 1.54) is 24.2 Å². The SMILES string of the molecule is COC(=O)N1C2c3ccccc3C(c3ccccc32)N1C(=O)OC. The first-order chi connectivity index (χ1) is 11.7. The molecule has 5 rings (SSSR count). The van der Waals surface area contributed by atoms with Crippen molar-refractivity contribution in [2.24, 2.45) is 0 Å². The normalized spacial score (nSPS) is 20.2. The number of rotatable bonds is 0. The highest BCUT2D eigenvalue weighted by Gasteiger charge is 2.52. The monoisotopic (exact) mass is 324 g/mol. The molecule has 122 valence electrons. The molecule has 2 bridgehead atoms. The molecule has 0 fully saturated rings. The molecular weight excluding hydrogens is 308 g/mol. The highest BCUT2D eigenvalue weighted by atomic mass is 16.6.